The van der Waals surface area contributed by atoms with E-state index < -0.39 is 30.0 Å². The van der Waals surface area contributed by atoms with Crippen LogP contribution >= 0.6 is 0 Å². The van der Waals surface area contributed by atoms with Gasteiger partial charge < -0.3 is 30.7 Å². The lowest BCUT2D eigenvalue weighted by molar-refractivity contribution is -0.135. The Kier molecular flexibility index (Phi) is 7.61. The van der Waals surface area contributed by atoms with E-state index in [0.717, 1.165) is 5.56 Å². The van der Waals surface area contributed by atoms with Gasteiger partial charge in [0.1, 0.15) is 12.6 Å². The van der Waals surface area contributed by atoms with Crippen LogP contribution < -0.4 is 11.1 Å². The summed E-state index contributed by atoms with van der Waals surface area (Å²) in [5, 5.41) is 11.5. The fourth-order valence-electron chi connectivity index (χ4n) is 2.79. The molecule has 1 fully saturated rings. The van der Waals surface area contributed by atoms with Crippen LogP contribution in [-0.4, -0.2) is 71.1 Å². The van der Waals surface area contributed by atoms with Crippen LogP contribution in [0.3, 0.4) is 0 Å². The highest BCUT2D eigenvalue weighted by atomic mass is 16.5. The van der Waals surface area contributed by atoms with Gasteiger partial charge in [-0.05, 0) is 12.0 Å². The molecule has 0 radical (unpaired) electrons. The first-order valence-electron chi connectivity index (χ1n) is 8.89. The molecule has 1 atom stereocenters. The Morgan fingerprint density at radius 1 is 1.07 bits per heavy atom. The molecule has 1 saturated heterocycles. The number of carbonyl (C=O) groups is 4. The molecule has 0 saturated carbocycles. The summed E-state index contributed by atoms with van der Waals surface area (Å²) in [6, 6.07) is 8.08. The van der Waals surface area contributed by atoms with Crippen molar-refractivity contribution in [2.75, 3.05) is 26.2 Å². The molecule has 1 aliphatic heterocycles. The molecule has 28 heavy (non-hydrogen) atoms. The molecular weight excluding hydrogens is 368 g/mol. The fraction of sp³-hybridized carbons (Fsp3) is 0.444. The molecule has 2 rings (SSSR count). The number of hydrogen-bond donors (Lipinski definition) is 3. The maximum Gasteiger partial charge on any atom is 0.408 e. The highest BCUT2D eigenvalue weighted by Gasteiger charge is 2.30. The number of hydrogen-bond acceptors (Lipinski definition) is 5. The summed E-state index contributed by atoms with van der Waals surface area (Å²) in [5.41, 5.74) is 5.95. The Morgan fingerprint density at radius 2 is 1.68 bits per heavy atom. The van der Waals surface area contributed by atoms with Crippen molar-refractivity contribution < 1.29 is 29.0 Å². The van der Waals surface area contributed by atoms with E-state index in [1.54, 1.807) is 12.1 Å². The van der Waals surface area contributed by atoms with Crippen molar-refractivity contribution >= 4 is 24.0 Å². The maximum atomic E-state index is 12.7. The third kappa shape index (κ3) is 6.45. The summed E-state index contributed by atoms with van der Waals surface area (Å²) in [6.45, 7) is 0.822. The van der Waals surface area contributed by atoms with Gasteiger partial charge in [-0.2, -0.15) is 0 Å². The SMILES string of the molecule is NC(=O)CC[C@H](NC(=O)OCc1ccccc1)C(=O)N1CCN(C(=O)O)CC1. The molecule has 0 bridgehead atoms. The zero-order chi connectivity index (χ0) is 20.5. The zero-order valence-corrected chi connectivity index (χ0v) is 15.4. The van der Waals surface area contributed by atoms with Crippen molar-refractivity contribution in [2.24, 2.45) is 5.73 Å². The van der Waals surface area contributed by atoms with Crippen LogP contribution in [0, 0.1) is 0 Å². The fourth-order valence-corrected chi connectivity index (χ4v) is 2.79. The first-order chi connectivity index (χ1) is 13.4. The first-order valence-corrected chi connectivity index (χ1v) is 8.89. The molecule has 152 valence electrons. The Bertz CT molecular complexity index is 703. The predicted molar refractivity (Wildman–Crippen MR) is 98.2 cm³/mol. The Hall–Kier alpha value is -3.30. The molecule has 4 amide bonds. The monoisotopic (exact) mass is 392 g/mol. The van der Waals surface area contributed by atoms with Gasteiger partial charge in [-0.15, -0.1) is 0 Å². The lowest BCUT2D eigenvalue weighted by Crippen LogP contribution is -2.55. The highest BCUT2D eigenvalue weighted by molar-refractivity contribution is 5.86. The molecule has 1 heterocycles. The number of carboxylic acid groups (broad SMARTS) is 1. The van der Waals surface area contributed by atoms with E-state index in [9.17, 15) is 19.2 Å². The van der Waals surface area contributed by atoms with Crippen LogP contribution in [0.25, 0.3) is 0 Å². The molecular formula is C18H24N4O6. The van der Waals surface area contributed by atoms with E-state index in [1.807, 2.05) is 18.2 Å². The van der Waals surface area contributed by atoms with Gasteiger partial charge in [0.2, 0.25) is 11.8 Å². The number of nitrogens with two attached hydrogens (primary N) is 1. The minimum absolute atomic E-state index is 0.0355. The number of piperazine rings is 1. The van der Waals surface area contributed by atoms with Crippen LogP contribution in [0.5, 0.6) is 0 Å². The third-order valence-corrected chi connectivity index (χ3v) is 4.34. The van der Waals surface area contributed by atoms with Crippen LogP contribution in [0.2, 0.25) is 0 Å². The second-order valence-corrected chi connectivity index (χ2v) is 6.36. The largest absolute Gasteiger partial charge is 0.465 e. The molecule has 1 aromatic rings. The number of primary amides is 1. The number of alkyl carbamates (subject to hydrolysis) is 1. The zero-order valence-electron chi connectivity index (χ0n) is 15.4. The number of rotatable bonds is 7. The van der Waals surface area contributed by atoms with E-state index in [-0.39, 0.29) is 45.6 Å². The summed E-state index contributed by atoms with van der Waals surface area (Å²) >= 11 is 0. The number of carbonyl (C=O) groups excluding carboxylic acids is 3. The highest BCUT2D eigenvalue weighted by Crippen LogP contribution is 2.09. The van der Waals surface area contributed by atoms with Crippen molar-refractivity contribution in [2.45, 2.75) is 25.5 Å². The van der Waals surface area contributed by atoms with Crippen LogP contribution in [0.1, 0.15) is 18.4 Å². The second-order valence-electron chi connectivity index (χ2n) is 6.36. The molecule has 0 aromatic heterocycles. The molecule has 4 N–H and O–H groups in total. The van der Waals surface area contributed by atoms with Crippen LogP contribution in [-0.2, 0) is 20.9 Å². The summed E-state index contributed by atoms with van der Waals surface area (Å²) < 4.78 is 5.13. The Labute approximate surface area is 162 Å². The number of nitrogens with one attached hydrogen (secondary N) is 1. The molecule has 1 aromatic carbocycles. The Balaban J connectivity index is 1.92. The normalized spacial score (nSPS) is 14.9. The van der Waals surface area contributed by atoms with Gasteiger partial charge >= 0.3 is 12.2 Å². The lowest BCUT2D eigenvalue weighted by Gasteiger charge is -2.35. The molecule has 1 aliphatic rings. The quantitative estimate of drug-likeness (QED) is 0.612. The summed E-state index contributed by atoms with van der Waals surface area (Å²) in [7, 11) is 0. The predicted octanol–water partition coefficient (Wildman–Crippen LogP) is 0.369. The summed E-state index contributed by atoms with van der Waals surface area (Å²) in [4.78, 5) is 49.6. The number of nitrogens with zero attached hydrogens (tertiary/aromatic N) is 2. The van der Waals surface area contributed by atoms with Gasteiger partial charge in [0.15, 0.2) is 0 Å². The first kappa shape index (κ1) is 21.0. The molecule has 10 heteroatoms. The van der Waals surface area contributed by atoms with Gasteiger partial charge in [0.25, 0.3) is 0 Å². The van der Waals surface area contributed by atoms with Crippen molar-refractivity contribution in [3.8, 4) is 0 Å². The number of ether oxygens (including phenoxy) is 1. The lowest BCUT2D eigenvalue weighted by atomic mass is 10.1. The van der Waals surface area contributed by atoms with Crippen molar-refractivity contribution in [1.82, 2.24) is 15.1 Å². The molecule has 0 unspecified atom stereocenters. The van der Waals surface area contributed by atoms with Gasteiger partial charge in [-0.1, -0.05) is 30.3 Å². The van der Waals surface area contributed by atoms with E-state index in [4.69, 9.17) is 15.6 Å². The van der Waals surface area contributed by atoms with Gasteiger partial charge in [0, 0.05) is 32.6 Å². The molecule has 0 spiro atoms. The summed E-state index contributed by atoms with van der Waals surface area (Å²) in [6.07, 6.45) is -1.87. The van der Waals surface area contributed by atoms with Crippen molar-refractivity contribution in [3.05, 3.63) is 35.9 Å². The third-order valence-electron chi connectivity index (χ3n) is 4.34. The van der Waals surface area contributed by atoms with E-state index in [1.165, 1.54) is 9.80 Å². The second kappa shape index (κ2) is 10.1. The van der Waals surface area contributed by atoms with E-state index in [0.29, 0.717) is 0 Å². The Morgan fingerprint density at radius 3 is 2.25 bits per heavy atom. The van der Waals surface area contributed by atoms with Gasteiger partial charge in [-0.3, -0.25) is 9.59 Å². The van der Waals surface area contributed by atoms with Crippen molar-refractivity contribution in [1.29, 1.82) is 0 Å². The minimum Gasteiger partial charge on any atom is -0.465 e. The molecule has 0 aliphatic carbocycles. The number of benzene rings is 1. The average molecular weight is 392 g/mol. The van der Waals surface area contributed by atoms with Crippen molar-refractivity contribution in [3.63, 3.8) is 0 Å². The van der Waals surface area contributed by atoms with Crippen LogP contribution in [0.15, 0.2) is 30.3 Å². The van der Waals surface area contributed by atoms with E-state index in [2.05, 4.69) is 5.32 Å². The van der Waals surface area contributed by atoms with E-state index >= 15 is 0 Å². The molecule has 10 nitrogen and oxygen atoms in total. The minimum atomic E-state index is -1.04. The van der Waals surface area contributed by atoms with Gasteiger partial charge in [0.05, 0.1) is 0 Å². The topological polar surface area (TPSA) is 142 Å². The van der Waals surface area contributed by atoms with Crippen LogP contribution in [0.4, 0.5) is 9.59 Å². The summed E-state index contributed by atoms with van der Waals surface area (Å²) in [5.74, 6) is -0.990. The standard InChI is InChI=1S/C18H24N4O6/c19-15(23)7-6-14(16(24)21-8-10-22(11-9-21)18(26)27)20-17(25)28-12-13-4-2-1-3-5-13/h1-5,14H,6-12H2,(H2,19,23)(H,20,25)(H,26,27)/t14-/m0/s1. The smallest absolute Gasteiger partial charge is 0.408 e. The number of amides is 4. The average Bonchev–Trinajstić information content (AvgIpc) is 2.69. The van der Waals surface area contributed by atoms with Gasteiger partial charge in [-0.25, -0.2) is 9.59 Å². The maximum absolute atomic E-state index is 12.7.